The summed E-state index contributed by atoms with van der Waals surface area (Å²) in [5, 5.41) is 0. The molecule has 102 valence electrons. The maximum Gasteiger partial charge on any atom is 0.265 e. The van der Waals surface area contributed by atoms with Gasteiger partial charge >= 0.3 is 0 Å². The van der Waals surface area contributed by atoms with Crippen molar-refractivity contribution in [2.24, 2.45) is 0 Å². The van der Waals surface area contributed by atoms with E-state index in [0.717, 1.165) is 11.3 Å². The second-order valence-corrected chi connectivity index (χ2v) is 4.98. The van der Waals surface area contributed by atoms with Crippen molar-refractivity contribution < 1.29 is 9.53 Å². The molecule has 2 N–H and O–H groups in total. The first kappa shape index (κ1) is 12.5. The molecule has 1 aliphatic heterocycles. The summed E-state index contributed by atoms with van der Waals surface area (Å²) in [4.78, 5) is 13.8. The van der Waals surface area contributed by atoms with Crippen LogP contribution >= 0.6 is 0 Å². The minimum atomic E-state index is -0.0382. The number of nitrogens with two attached hydrogens (primary N) is 1. The van der Waals surface area contributed by atoms with E-state index < -0.39 is 0 Å². The molecule has 1 amide bonds. The molecule has 4 nitrogen and oxygen atoms in total. The highest BCUT2D eigenvalue weighted by Crippen LogP contribution is 2.34. The normalized spacial score (nSPS) is 13.8. The zero-order valence-corrected chi connectivity index (χ0v) is 11.3. The number of aryl methyl sites for hydroxylation is 1. The predicted octanol–water partition coefficient (Wildman–Crippen LogP) is 2.50. The van der Waals surface area contributed by atoms with E-state index in [1.54, 1.807) is 17.0 Å². The van der Waals surface area contributed by atoms with Gasteiger partial charge in [0.25, 0.3) is 5.91 Å². The molecule has 0 saturated carbocycles. The van der Waals surface area contributed by atoms with Gasteiger partial charge in [-0.3, -0.25) is 4.79 Å². The highest BCUT2D eigenvalue weighted by molar-refractivity contribution is 5.98. The molecule has 0 aliphatic carbocycles. The summed E-state index contributed by atoms with van der Waals surface area (Å²) < 4.78 is 5.44. The van der Waals surface area contributed by atoms with Crippen molar-refractivity contribution in [1.29, 1.82) is 0 Å². The Morgan fingerprint density at radius 1 is 1.25 bits per heavy atom. The smallest absolute Gasteiger partial charge is 0.265 e. The number of ether oxygens (including phenoxy) is 1. The number of carbonyl (C=O) groups excluding carboxylic acids is 1. The fourth-order valence-corrected chi connectivity index (χ4v) is 2.39. The average Bonchev–Trinajstić information content (AvgIpc) is 2.42. The molecule has 0 fully saturated rings. The summed E-state index contributed by atoms with van der Waals surface area (Å²) in [7, 11) is 0. The Labute approximate surface area is 117 Å². The average molecular weight is 268 g/mol. The topological polar surface area (TPSA) is 55.6 Å². The maximum atomic E-state index is 12.1. The van der Waals surface area contributed by atoms with Crippen molar-refractivity contribution in [2.75, 3.05) is 17.2 Å². The molecule has 0 saturated heterocycles. The standard InChI is InChI=1S/C16H16N2O2/c1-11-3-2-4-12(7-11)9-18-14-6-5-13(17)8-15(14)20-10-16(18)19/h2-8H,9-10,17H2,1H3. The molecular formula is C16H16N2O2. The molecule has 1 aliphatic rings. The quantitative estimate of drug-likeness (QED) is 0.851. The number of benzene rings is 2. The Balaban J connectivity index is 1.95. The first-order valence-corrected chi connectivity index (χ1v) is 6.52. The molecule has 0 spiro atoms. The van der Waals surface area contributed by atoms with Crippen molar-refractivity contribution >= 4 is 17.3 Å². The van der Waals surface area contributed by atoms with Crippen LogP contribution in [-0.2, 0) is 11.3 Å². The molecule has 2 aromatic rings. The third-order valence-corrected chi connectivity index (χ3v) is 3.35. The van der Waals surface area contributed by atoms with Crippen LogP contribution < -0.4 is 15.4 Å². The van der Waals surface area contributed by atoms with Gasteiger partial charge in [0.05, 0.1) is 12.2 Å². The number of amides is 1. The lowest BCUT2D eigenvalue weighted by molar-refractivity contribution is -0.121. The van der Waals surface area contributed by atoms with E-state index in [0.29, 0.717) is 18.0 Å². The largest absolute Gasteiger partial charge is 0.481 e. The minimum Gasteiger partial charge on any atom is -0.481 e. The van der Waals surface area contributed by atoms with Crippen molar-refractivity contribution in [1.82, 2.24) is 0 Å². The van der Waals surface area contributed by atoms with E-state index in [-0.39, 0.29) is 12.5 Å². The van der Waals surface area contributed by atoms with Crippen molar-refractivity contribution in [3.8, 4) is 5.75 Å². The summed E-state index contributed by atoms with van der Waals surface area (Å²) in [5.41, 5.74) is 9.44. The SMILES string of the molecule is Cc1cccc(CN2C(=O)COc3cc(N)ccc32)c1. The number of fused-ring (bicyclic) bond motifs is 1. The molecule has 2 aromatic carbocycles. The van der Waals surface area contributed by atoms with Gasteiger partial charge in [-0.15, -0.1) is 0 Å². The minimum absolute atomic E-state index is 0.0382. The Bertz CT molecular complexity index is 667. The molecular weight excluding hydrogens is 252 g/mol. The van der Waals surface area contributed by atoms with Crippen LogP contribution in [-0.4, -0.2) is 12.5 Å². The molecule has 1 heterocycles. The van der Waals surface area contributed by atoms with Crippen LogP contribution in [0.25, 0.3) is 0 Å². The summed E-state index contributed by atoms with van der Waals surface area (Å²) in [6.45, 7) is 2.64. The first-order valence-electron chi connectivity index (χ1n) is 6.52. The summed E-state index contributed by atoms with van der Waals surface area (Å²) in [6.07, 6.45) is 0. The van der Waals surface area contributed by atoms with Crippen LogP contribution in [0.3, 0.4) is 0 Å². The van der Waals surface area contributed by atoms with Gasteiger partial charge < -0.3 is 15.4 Å². The van der Waals surface area contributed by atoms with E-state index in [1.165, 1.54) is 5.56 Å². The van der Waals surface area contributed by atoms with Crippen LogP contribution in [0.5, 0.6) is 5.75 Å². The van der Waals surface area contributed by atoms with Gasteiger partial charge in [0.15, 0.2) is 6.61 Å². The molecule has 0 bridgehead atoms. The van der Waals surface area contributed by atoms with E-state index in [4.69, 9.17) is 10.5 Å². The maximum absolute atomic E-state index is 12.1. The summed E-state index contributed by atoms with van der Waals surface area (Å²) in [5.74, 6) is 0.626. The number of carbonyl (C=O) groups is 1. The fourth-order valence-electron chi connectivity index (χ4n) is 2.39. The van der Waals surface area contributed by atoms with E-state index in [1.807, 2.05) is 31.2 Å². The monoisotopic (exact) mass is 268 g/mol. The highest BCUT2D eigenvalue weighted by atomic mass is 16.5. The number of rotatable bonds is 2. The molecule has 0 atom stereocenters. The third-order valence-electron chi connectivity index (χ3n) is 3.35. The Hall–Kier alpha value is -2.49. The van der Waals surface area contributed by atoms with Gasteiger partial charge in [-0.1, -0.05) is 29.8 Å². The lowest BCUT2D eigenvalue weighted by Crippen LogP contribution is -2.38. The van der Waals surface area contributed by atoms with Crippen molar-refractivity contribution in [2.45, 2.75) is 13.5 Å². The molecule has 4 heteroatoms. The van der Waals surface area contributed by atoms with Gasteiger partial charge in [0, 0.05) is 11.8 Å². The Morgan fingerprint density at radius 2 is 2.10 bits per heavy atom. The lowest BCUT2D eigenvalue weighted by Gasteiger charge is -2.29. The van der Waals surface area contributed by atoms with Crippen LogP contribution in [0.2, 0.25) is 0 Å². The van der Waals surface area contributed by atoms with Gasteiger partial charge in [0.1, 0.15) is 5.75 Å². The summed E-state index contributed by atoms with van der Waals surface area (Å²) >= 11 is 0. The number of nitrogens with zero attached hydrogens (tertiary/aromatic N) is 1. The van der Waals surface area contributed by atoms with Gasteiger partial charge in [0.2, 0.25) is 0 Å². The number of nitrogen functional groups attached to an aromatic ring is 1. The Kier molecular flexibility index (Phi) is 3.06. The van der Waals surface area contributed by atoms with Crippen LogP contribution in [0.1, 0.15) is 11.1 Å². The van der Waals surface area contributed by atoms with Gasteiger partial charge in [-0.25, -0.2) is 0 Å². The summed E-state index contributed by atoms with van der Waals surface area (Å²) in [6, 6.07) is 13.5. The molecule has 0 radical (unpaired) electrons. The second-order valence-electron chi connectivity index (χ2n) is 4.98. The number of hydrogen-bond donors (Lipinski definition) is 1. The third kappa shape index (κ3) is 2.32. The zero-order chi connectivity index (χ0) is 14.1. The number of anilines is 2. The van der Waals surface area contributed by atoms with Crippen LogP contribution in [0.4, 0.5) is 11.4 Å². The van der Waals surface area contributed by atoms with Crippen LogP contribution in [0, 0.1) is 6.92 Å². The number of hydrogen-bond acceptors (Lipinski definition) is 3. The fraction of sp³-hybridized carbons (Fsp3) is 0.188. The highest BCUT2D eigenvalue weighted by Gasteiger charge is 2.25. The van der Waals surface area contributed by atoms with Gasteiger partial charge in [-0.05, 0) is 24.6 Å². The Morgan fingerprint density at radius 3 is 2.90 bits per heavy atom. The van der Waals surface area contributed by atoms with Crippen molar-refractivity contribution in [3.05, 3.63) is 53.6 Å². The molecule has 0 aromatic heterocycles. The second kappa shape index (κ2) is 4.89. The van der Waals surface area contributed by atoms with Crippen LogP contribution in [0.15, 0.2) is 42.5 Å². The van der Waals surface area contributed by atoms with E-state index in [2.05, 4.69) is 6.07 Å². The first-order chi connectivity index (χ1) is 9.63. The predicted molar refractivity (Wildman–Crippen MR) is 78.7 cm³/mol. The molecule has 0 unspecified atom stereocenters. The lowest BCUT2D eigenvalue weighted by atomic mass is 10.1. The van der Waals surface area contributed by atoms with E-state index >= 15 is 0 Å². The zero-order valence-electron chi connectivity index (χ0n) is 11.3. The van der Waals surface area contributed by atoms with Crippen molar-refractivity contribution in [3.63, 3.8) is 0 Å². The van der Waals surface area contributed by atoms with E-state index in [9.17, 15) is 4.79 Å². The van der Waals surface area contributed by atoms with Gasteiger partial charge in [-0.2, -0.15) is 0 Å². The molecule has 20 heavy (non-hydrogen) atoms. The molecule has 3 rings (SSSR count).